The number of benzene rings is 2. The van der Waals surface area contributed by atoms with Crippen molar-refractivity contribution in [2.75, 3.05) is 18.5 Å². The highest BCUT2D eigenvalue weighted by Crippen LogP contribution is 2.26. The summed E-state index contributed by atoms with van der Waals surface area (Å²) in [4.78, 5) is 2.00. The highest BCUT2D eigenvalue weighted by Gasteiger charge is 2.18. The van der Waals surface area contributed by atoms with Gasteiger partial charge in [0.15, 0.2) is 0 Å². The quantitative estimate of drug-likeness (QED) is 0.896. The van der Waals surface area contributed by atoms with Crippen LogP contribution in [0.4, 0.5) is 10.1 Å². The average molecular weight is 244 g/mol. The number of hydrogen-bond acceptors (Lipinski definition) is 2. The Bertz CT molecular complexity index is 499. The van der Waals surface area contributed by atoms with Crippen LogP contribution in [0, 0.1) is 5.82 Å². The average Bonchev–Trinajstić information content (AvgIpc) is 2.42. The van der Waals surface area contributed by atoms with E-state index < -0.39 is 0 Å². The van der Waals surface area contributed by atoms with Crippen LogP contribution in [0.1, 0.15) is 11.6 Å². The van der Waals surface area contributed by atoms with Crippen LogP contribution >= 0.6 is 0 Å². The standard InChI is InChI=1S/C15H17FN2/c1-18(12-7-3-2-4-8-12)15(11-17)13-9-5-6-10-14(13)16/h2-10,15H,11,17H2,1H3. The molecule has 2 N–H and O–H groups in total. The lowest BCUT2D eigenvalue weighted by molar-refractivity contribution is 0.573. The van der Waals surface area contributed by atoms with Gasteiger partial charge in [0.1, 0.15) is 5.82 Å². The number of hydrogen-bond donors (Lipinski definition) is 1. The van der Waals surface area contributed by atoms with Crippen LogP contribution in [-0.2, 0) is 0 Å². The van der Waals surface area contributed by atoms with Gasteiger partial charge in [-0.25, -0.2) is 4.39 Å². The zero-order valence-electron chi connectivity index (χ0n) is 10.4. The molecule has 0 aliphatic rings. The SMILES string of the molecule is CN(c1ccccc1)C(CN)c1ccccc1F. The van der Waals surface area contributed by atoms with Crippen molar-refractivity contribution in [1.82, 2.24) is 0 Å². The van der Waals surface area contributed by atoms with Gasteiger partial charge in [0, 0.05) is 24.8 Å². The maximum atomic E-state index is 13.8. The molecule has 0 amide bonds. The van der Waals surface area contributed by atoms with Gasteiger partial charge in [0.25, 0.3) is 0 Å². The van der Waals surface area contributed by atoms with Crippen molar-refractivity contribution in [1.29, 1.82) is 0 Å². The van der Waals surface area contributed by atoms with Gasteiger partial charge in [-0.05, 0) is 18.2 Å². The topological polar surface area (TPSA) is 29.3 Å². The molecule has 2 nitrogen and oxygen atoms in total. The Hall–Kier alpha value is -1.87. The Kier molecular flexibility index (Phi) is 3.95. The molecule has 0 saturated carbocycles. The number of nitrogens with zero attached hydrogens (tertiary/aromatic N) is 1. The lowest BCUT2D eigenvalue weighted by atomic mass is 10.0. The highest BCUT2D eigenvalue weighted by molar-refractivity contribution is 5.48. The first-order valence-electron chi connectivity index (χ1n) is 5.96. The third-order valence-electron chi connectivity index (χ3n) is 3.12. The summed E-state index contributed by atoms with van der Waals surface area (Å²) in [5.74, 6) is -0.212. The third-order valence-corrected chi connectivity index (χ3v) is 3.12. The minimum Gasteiger partial charge on any atom is -0.366 e. The van der Waals surface area contributed by atoms with Crippen LogP contribution in [0.15, 0.2) is 54.6 Å². The Morgan fingerprint density at radius 3 is 2.28 bits per heavy atom. The van der Waals surface area contributed by atoms with Crippen LogP contribution in [0.3, 0.4) is 0 Å². The maximum absolute atomic E-state index is 13.8. The predicted molar refractivity (Wildman–Crippen MR) is 73.0 cm³/mol. The molecule has 18 heavy (non-hydrogen) atoms. The van der Waals surface area contributed by atoms with Crippen LogP contribution < -0.4 is 10.6 Å². The molecular weight excluding hydrogens is 227 g/mol. The molecule has 0 radical (unpaired) electrons. The van der Waals surface area contributed by atoms with Gasteiger partial charge < -0.3 is 10.6 Å². The van der Waals surface area contributed by atoms with E-state index in [1.165, 1.54) is 6.07 Å². The summed E-state index contributed by atoms with van der Waals surface area (Å²) in [5, 5.41) is 0. The number of anilines is 1. The molecule has 3 heteroatoms. The van der Waals surface area contributed by atoms with E-state index >= 15 is 0 Å². The van der Waals surface area contributed by atoms with Gasteiger partial charge in [-0.15, -0.1) is 0 Å². The van der Waals surface area contributed by atoms with E-state index in [4.69, 9.17) is 5.73 Å². The lowest BCUT2D eigenvalue weighted by Crippen LogP contribution is -2.31. The summed E-state index contributed by atoms with van der Waals surface area (Å²) in [6, 6.07) is 16.5. The Balaban J connectivity index is 2.32. The second-order valence-electron chi connectivity index (χ2n) is 4.22. The molecule has 0 heterocycles. The van der Waals surface area contributed by atoms with E-state index in [0.29, 0.717) is 12.1 Å². The van der Waals surface area contributed by atoms with Crippen LogP contribution in [-0.4, -0.2) is 13.6 Å². The molecule has 2 rings (SSSR count). The Morgan fingerprint density at radius 1 is 1.06 bits per heavy atom. The van der Waals surface area contributed by atoms with Gasteiger partial charge >= 0.3 is 0 Å². The van der Waals surface area contributed by atoms with E-state index in [9.17, 15) is 4.39 Å². The van der Waals surface area contributed by atoms with Gasteiger partial charge in [0.2, 0.25) is 0 Å². The summed E-state index contributed by atoms with van der Waals surface area (Å²) < 4.78 is 13.8. The number of halogens is 1. The van der Waals surface area contributed by atoms with Crippen LogP contribution in [0.2, 0.25) is 0 Å². The van der Waals surface area contributed by atoms with Crippen LogP contribution in [0.25, 0.3) is 0 Å². The van der Waals surface area contributed by atoms with Crippen molar-refractivity contribution in [3.8, 4) is 0 Å². The molecule has 1 atom stereocenters. The molecule has 0 aliphatic carbocycles. The molecule has 1 unspecified atom stereocenters. The lowest BCUT2D eigenvalue weighted by Gasteiger charge is -2.29. The second kappa shape index (κ2) is 5.65. The fraction of sp³-hybridized carbons (Fsp3) is 0.200. The smallest absolute Gasteiger partial charge is 0.128 e. The Morgan fingerprint density at radius 2 is 1.67 bits per heavy atom. The molecule has 0 fully saturated rings. The van der Waals surface area contributed by atoms with E-state index in [-0.39, 0.29) is 11.9 Å². The normalized spacial score (nSPS) is 12.2. The molecule has 0 aromatic heterocycles. The van der Waals surface area contributed by atoms with Crippen molar-refractivity contribution in [2.45, 2.75) is 6.04 Å². The van der Waals surface area contributed by atoms with Gasteiger partial charge in [-0.3, -0.25) is 0 Å². The van der Waals surface area contributed by atoms with Gasteiger partial charge in [-0.1, -0.05) is 36.4 Å². The second-order valence-corrected chi connectivity index (χ2v) is 4.22. The fourth-order valence-electron chi connectivity index (χ4n) is 2.08. The summed E-state index contributed by atoms with van der Waals surface area (Å²) in [5.41, 5.74) is 7.46. The van der Waals surface area contributed by atoms with Crippen molar-refractivity contribution < 1.29 is 4.39 Å². The number of likely N-dealkylation sites (N-methyl/N-ethyl adjacent to an activating group) is 1. The first-order chi connectivity index (χ1) is 8.74. The van der Waals surface area contributed by atoms with Crippen molar-refractivity contribution in [3.05, 3.63) is 66.0 Å². The minimum atomic E-state index is -0.212. The van der Waals surface area contributed by atoms with Crippen molar-refractivity contribution in [2.24, 2.45) is 5.73 Å². The fourth-order valence-corrected chi connectivity index (χ4v) is 2.08. The summed E-state index contributed by atoms with van der Waals surface area (Å²) in [6.07, 6.45) is 0. The summed E-state index contributed by atoms with van der Waals surface area (Å²) in [6.45, 7) is 0.367. The van der Waals surface area contributed by atoms with Crippen molar-refractivity contribution >= 4 is 5.69 Å². The van der Waals surface area contributed by atoms with E-state index in [1.54, 1.807) is 12.1 Å². The molecule has 94 valence electrons. The van der Waals surface area contributed by atoms with Crippen LogP contribution in [0.5, 0.6) is 0 Å². The summed E-state index contributed by atoms with van der Waals surface area (Å²) in [7, 11) is 1.93. The Labute approximate surface area is 107 Å². The molecule has 2 aromatic rings. The molecule has 0 aliphatic heterocycles. The van der Waals surface area contributed by atoms with E-state index in [0.717, 1.165) is 5.69 Å². The van der Waals surface area contributed by atoms with E-state index in [2.05, 4.69) is 0 Å². The van der Waals surface area contributed by atoms with E-state index in [1.807, 2.05) is 48.3 Å². The number of rotatable bonds is 4. The molecule has 2 aromatic carbocycles. The van der Waals surface area contributed by atoms with Gasteiger partial charge in [0.05, 0.1) is 6.04 Å². The number of nitrogens with two attached hydrogens (primary N) is 1. The largest absolute Gasteiger partial charge is 0.366 e. The summed E-state index contributed by atoms with van der Waals surface area (Å²) >= 11 is 0. The molecular formula is C15H17FN2. The molecule has 0 spiro atoms. The maximum Gasteiger partial charge on any atom is 0.128 e. The highest BCUT2D eigenvalue weighted by atomic mass is 19.1. The zero-order chi connectivity index (χ0) is 13.0. The minimum absolute atomic E-state index is 0.159. The predicted octanol–water partition coefficient (Wildman–Crippen LogP) is 2.96. The first kappa shape index (κ1) is 12.6. The third kappa shape index (κ3) is 2.51. The molecule has 0 bridgehead atoms. The van der Waals surface area contributed by atoms with Crippen molar-refractivity contribution in [3.63, 3.8) is 0 Å². The zero-order valence-corrected chi connectivity index (χ0v) is 10.4. The molecule has 0 saturated heterocycles. The van der Waals surface area contributed by atoms with Gasteiger partial charge in [-0.2, -0.15) is 0 Å². The monoisotopic (exact) mass is 244 g/mol. The first-order valence-corrected chi connectivity index (χ1v) is 5.96. The number of para-hydroxylation sites is 1.